The monoisotopic (exact) mass is 226 g/mol. The van der Waals surface area contributed by atoms with Crippen LogP contribution < -0.4 is 0 Å². The molecule has 0 radical (unpaired) electrons. The third-order valence-corrected chi connectivity index (χ3v) is 3.08. The van der Waals surface area contributed by atoms with Crippen molar-refractivity contribution in [1.29, 1.82) is 0 Å². The molecule has 0 heterocycles. The van der Waals surface area contributed by atoms with Crippen molar-refractivity contribution in [3.05, 3.63) is 59.7 Å². The number of rotatable bonds is 2. The van der Waals surface area contributed by atoms with Crippen molar-refractivity contribution in [2.24, 2.45) is 5.41 Å². The lowest BCUT2D eigenvalue weighted by molar-refractivity contribution is -0.113. The first-order valence-electron chi connectivity index (χ1n) is 5.96. The Labute approximate surface area is 103 Å². The summed E-state index contributed by atoms with van der Waals surface area (Å²) in [7, 11) is 0. The van der Waals surface area contributed by atoms with Crippen LogP contribution in [0.1, 0.15) is 25.8 Å². The Balaban J connectivity index is 2.28. The highest BCUT2D eigenvalue weighted by Crippen LogP contribution is 2.34. The fourth-order valence-corrected chi connectivity index (χ4v) is 2.39. The van der Waals surface area contributed by atoms with Crippen molar-refractivity contribution < 1.29 is 4.79 Å². The average molecular weight is 226 g/mol. The number of hydrogen-bond acceptors (Lipinski definition) is 1. The summed E-state index contributed by atoms with van der Waals surface area (Å²) in [5.41, 5.74) is 2.85. The highest BCUT2D eigenvalue weighted by atomic mass is 16.1. The van der Waals surface area contributed by atoms with Gasteiger partial charge in [0.1, 0.15) is 0 Å². The summed E-state index contributed by atoms with van der Waals surface area (Å²) in [5.74, 6) is 0.133. The highest BCUT2D eigenvalue weighted by molar-refractivity contribution is 6.09. The third kappa shape index (κ3) is 2.73. The standard InChI is InChI=1S/C16H18O/c1-12-10-16(2,3)11-14(15(12)17)9-13-7-5-4-6-8-13/h4-8,11H,1,9-10H2,2-3H3. The van der Waals surface area contributed by atoms with Gasteiger partial charge in [0.05, 0.1) is 0 Å². The normalized spacial score (nSPS) is 19.1. The van der Waals surface area contributed by atoms with Crippen LogP contribution in [0.2, 0.25) is 0 Å². The topological polar surface area (TPSA) is 17.1 Å². The number of Topliss-reactive ketones (excluding diaryl/α,β-unsaturated/α-hetero) is 1. The summed E-state index contributed by atoms with van der Waals surface area (Å²) in [6.45, 7) is 8.19. The lowest BCUT2D eigenvalue weighted by Gasteiger charge is -2.28. The minimum Gasteiger partial charge on any atom is -0.289 e. The molecule has 0 aromatic heterocycles. The van der Waals surface area contributed by atoms with Gasteiger partial charge in [-0.2, -0.15) is 0 Å². The number of carbonyl (C=O) groups is 1. The summed E-state index contributed by atoms with van der Waals surface area (Å²) in [6, 6.07) is 10.1. The number of hydrogen-bond donors (Lipinski definition) is 0. The van der Waals surface area contributed by atoms with Crippen LogP contribution in [0.4, 0.5) is 0 Å². The van der Waals surface area contributed by atoms with E-state index >= 15 is 0 Å². The number of carbonyl (C=O) groups excluding carboxylic acids is 1. The fourth-order valence-electron chi connectivity index (χ4n) is 2.39. The summed E-state index contributed by atoms with van der Waals surface area (Å²) < 4.78 is 0. The van der Waals surface area contributed by atoms with E-state index in [1.807, 2.05) is 18.2 Å². The molecule has 0 spiro atoms. The second kappa shape index (κ2) is 4.33. The number of ketones is 1. The lowest BCUT2D eigenvalue weighted by atomic mass is 9.75. The first kappa shape index (κ1) is 11.8. The zero-order valence-corrected chi connectivity index (χ0v) is 10.5. The molecule has 0 saturated carbocycles. The molecule has 0 fully saturated rings. The third-order valence-electron chi connectivity index (χ3n) is 3.08. The van der Waals surface area contributed by atoms with Gasteiger partial charge >= 0.3 is 0 Å². The SMILES string of the molecule is C=C1CC(C)(C)C=C(Cc2ccccc2)C1=O. The number of benzene rings is 1. The molecule has 17 heavy (non-hydrogen) atoms. The molecule has 1 heteroatoms. The van der Waals surface area contributed by atoms with Crippen LogP contribution in [0, 0.1) is 5.41 Å². The van der Waals surface area contributed by atoms with Gasteiger partial charge < -0.3 is 0 Å². The molecule has 0 amide bonds. The molecule has 1 aromatic carbocycles. The first-order chi connectivity index (χ1) is 7.98. The zero-order chi connectivity index (χ0) is 12.5. The van der Waals surface area contributed by atoms with Gasteiger partial charge in [-0.05, 0) is 23.0 Å². The van der Waals surface area contributed by atoms with Crippen LogP contribution in [-0.2, 0) is 11.2 Å². The summed E-state index contributed by atoms with van der Waals surface area (Å²) in [4.78, 5) is 12.0. The molecule has 0 atom stereocenters. The van der Waals surface area contributed by atoms with Gasteiger partial charge in [-0.25, -0.2) is 0 Å². The van der Waals surface area contributed by atoms with E-state index in [-0.39, 0.29) is 11.2 Å². The van der Waals surface area contributed by atoms with E-state index in [1.165, 1.54) is 5.56 Å². The maximum Gasteiger partial charge on any atom is 0.184 e. The van der Waals surface area contributed by atoms with Crippen LogP contribution in [0.25, 0.3) is 0 Å². The van der Waals surface area contributed by atoms with Crippen LogP contribution in [0.3, 0.4) is 0 Å². The Kier molecular flexibility index (Phi) is 3.01. The molecule has 1 nitrogen and oxygen atoms in total. The molecule has 1 aliphatic carbocycles. The second-order valence-corrected chi connectivity index (χ2v) is 5.43. The van der Waals surface area contributed by atoms with Gasteiger partial charge in [0.25, 0.3) is 0 Å². The zero-order valence-electron chi connectivity index (χ0n) is 10.5. The highest BCUT2D eigenvalue weighted by Gasteiger charge is 2.28. The molecular weight excluding hydrogens is 208 g/mol. The van der Waals surface area contributed by atoms with E-state index in [4.69, 9.17) is 0 Å². The fraction of sp³-hybridized carbons (Fsp3) is 0.312. The van der Waals surface area contributed by atoms with Crippen molar-refractivity contribution in [3.8, 4) is 0 Å². The molecule has 0 N–H and O–H groups in total. The maximum absolute atomic E-state index is 12.0. The Hall–Kier alpha value is -1.63. The van der Waals surface area contributed by atoms with Gasteiger partial charge in [-0.3, -0.25) is 4.79 Å². The quantitative estimate of drug-likeness (QED) is 0.702. The van der Waals surface area contributed by atoms with Crippen molar-refractivity contribution in [3.63, 3.8) is 0 Å². The summed E-state index contributed by atoms with van der Waals surface area (Å²) in [5, 5.41) is 0. The maximum atomic E-state index is 12.0. The molecule has 0 aliphatic heterocycles. The van der Waals surface area contributed by atoms with Crippen molar-refractivity contribution >= 4 is 5.78 Å². The number of allylic oxidation sites excluding steroid dienone is 3. The molecule has 0 saturated heterocycles. The van der Waals surface area contributed by atoms with Gasteiger partial charge in [0.15, 0.2) is 5.78 Å². The predicted octanol–water partition coefficient (Wildman–Crippen LogP) is 3.71. The lowest BCUT2D eigenvalue weighted by Crippen LogP contribution is -2.23. The molecule has 88 valence electrons. The van der Waals surface area contributed by atoms with E-state index in [1.54, 1.807) is 0 Å². The van der Waals surface area contributed by atoms with Gasteiger partial charge in [0, 0.05) is 12.0 Å². The van der Waals surface area contributed by atoms with Crippen LogP contribution in [0.15, 0.2) is 54.1 Å². The smallest absolute Gasteiger partial charge is 0.184 e. The van der Waals surface area contributed by atoms with Crippen molar-refractivity contribution in [2.75, 3.05) is 0 Å². The summed E-state index contributed by atoms with van der Waals surface area (Å²) >= 11 is 0. The predicted molar refractivity (Wildman–Crippen MR) is 70.8 cm³/mol. The Morgan fingerprint density at radius 3 is 2.53 bits per heavy atom. The minimum atomic E-state index is 0.0507. The Morgan fingerprint density at radius 1 is 1.24 bits per heavy atom. The average Bonchev–Trinajstić information content (AvgIpc) is 2.26. The van der Waals surface area contributed by atoms with E-state index in [9.17, 15) is 4.79 Å². The van der Waals surface area contributed by atoms with Crippen molar-refractivity contribution in [1.82, 2.24) is 0 Å². The van der Waals surface area contributed by atoms with E-state index in [2.05, 4.69) is 38.6 Å². The van der Waals surface area contributed by atoms with E-state index in [0.717, 1.165) is 17.6 Å². The Bertz CT molecular complexity index is 478. The second-order valence-electron chi connectivity index (χ2n) is 5.43. The van der Waals surface area contributed by atoms with E-state index in [0.29, 0.717) is 6.42 Å². The Morgan fingerprint density at radius 2 is 1.88 bits per heavy atom. The molecule has 0 bridgehead atoms. The van der Waals surface area contributed by atoms with Gasteiger partial charge in [-0.15, -0.1) is 0 Å². The van der Waals surface area contributed by atoms with Crippen molar-refractivity contribution in [2.45, 2.75) is 26.7 Å². The molecule has 0 unspecified atom stereocenters. The largest absolute Gasteiger partial charge is 0.289 e. The van der Waals surface area contributed by atoms with Crippen LogP contribution >= 0.6 is 0 Å². The molecular formula is C16H18O. The first-order valence-corrected chi connectivity index (χ1v) is 5.96. The van der Waals surface area contributed by atoms with Crippen LogP contribution in [-0.4, -0.2) is 5.78 Å². The molecule has 2 rings (SSSR count). The van der Waals surface area contributed by atoms with E-state index < -0.39 is 0 Å². The van der Waals surface area contributed by atoms with Gasteiger partial charge in [-0.1, -0.05) is 56.8 Å². The molecule has 1 aromatic rings. The minimum absolute atomic E-state index is 0.0507. The van der Waals surface area contributed by atoms with Gasteiger partial charge in [0.2, 0.25) is 0 Å². The molecule has 1 aliphatic rings. The van der Waals surface area contributed by atoms with Crippen LogP contribution in [0.5, 0.6) is 0 Å². The summed E-state index contributed by atoms with van der Waals surface area (Å²) in [6.07, 6.45) is 3.59.